The molecule has 1 atom stereocenters. The SMILES string of the molecule is CCNC(C)c1nnc(NCCc2ccc(F)cc2C)o1. The van der Waals surface area contributed by atoms with Crippen molar-refractivity contribution in [1.82, 2.24) is 15.5 Å². The molecule has 2 N–H and O–H groups in total. The summed E-state index contributed by atoms with van der Waals surface area (Å²) in [6.07, 6.45) is 0.770. The molecule has 2 aromatic rings. The number of rotatable bonds is 7. The third-order valence-electron chi connectivity index (χ3n) is 3.30. The van der Waals surface area contributed by atoms with Gasteiger partial charge in [0.1, 0.15) is 5.82 Å². The molecule has 1 heterocycles. The summed E-state index contributed by atoms with van der Waals surface area (Å²) in [6, 6.07) is 5.27. The van der Waals surface area contributed by atoms with Crippen molar-refractivity contribution >= 4 is 6.01 Å². The monoisotopic (exact) mass is 292 g/mol. The molecule has 0 fully saturated rings. The first-order valence-electron chi connectivity index (χ1n) is 7.15. The summed E-state index contributed by atoms with van der Waals surface area (Å²) in [7, 11) is 0. The van der Waals surface area contributed by atoms with Crippen molar-refractivity contribution in [3.05, 3.63) is 41.0 Å². The molecule has 5 nitrogen and oxygen atoms in total. The molecule has 0 aliphatic heterocycles. The zero-order valence-corrected chi connectivity index (χ0v) is 12.6. The minimum absolute atomic E-state index is 0.0393. The Morgan fingerprint density at radius 1 is 1.33 bits per heavy atom. The van der Waals surface area contributed by atoms with Crippen LogP contribution in [-0.4, -0.2) is 23.3 Å². The maximum atomic E-state index is 13.0. The van der Waals surface area contributed by atoms with Crippen molar-refractivity contribution in [2.45, 2.75) is 33.2 Å². The highest BCUT2D eigenvalue weighted by Crippen LogP contribution is 2.14. The lowest BCUT2D eigenvalue weighted by atomic mass is 10.1. The number of anilines is 1. The van der Waals surface area contributed by atoms with Gasteiger partial charge in [0.25, 0.3) is 0 Å². The quantitative estimate of drug-likeness (QED) is 0.821. The molecule has 0 saturated carbocycles. The van der Waals surface area contributed by atoms with Gasteiger partial charge in [0.15, 0.2) is 0 Å². The van der Waals surface area contributed by atoms with E-state index in [0.717, 1.165) is 24.1 Å². The molecule has 21 heavy (non-hydrogen) atoms. The first kappa shape index (κ1) is 15.4. The molecular weight excluding hydrogens is 271 g/mol. The molecule has 1 aromatic heterocycles. The van der Waals surface area contributed by atoms with E-state index in [1.165, 1.54) is 12.1 Å². The second-order valence-corrected chi connectivity index (χ2v) is 4.97. The van der Waals surface area contributed by atoms with Crippen LogP contribution in [0.5, 0.6) is 0 Å². The number of halogens is 1. The van der Waals surface area contributed by atoms with Gasteiger partial charge in [0.2, 0.25) is 5.89 Å². The lowest BCUT2D eigenvalue weighted by Crippen LogP contribution is -2.17. The van der Waals surface area contributed by atoms with Gasteiger partial charge in [-0.25, -0.2) is 4.39 Å². The normalized spacial score (nSPS) is 12.4. The maximum Gasteiger partial charge on any atom is 0.315 e. The Bertz CT molecular complexity index is 585. The van der Waals surface area contributed by atoms with Crippen molar-refractivity contribution < 1.29 is 8.81 Å². The molecule has 0 aliphatic carbocycles. The summed E-state index contributed by atoms with van der Waals surface area (Å²) >= 11 is 0. The minimum Gasteiger partial charge on any atom is -0.406 e. The fourth-order valence-corrected chi connectivity index (χ4v) is 2.12. The molecule has 0 bridgehead atoms. The highest BCUT2D eigenvalue weighted by molar-refractivity contribution is 5.28. The summed E-state index contributed by atoms with van der Waals surface area (Å²) in [5.74, 6) is 0.362. The fraction of sp³-hybridized carbons (Fsp3) is 0.467. The summed E-state index contributed by atoms with van der Waals surface area (Å²) in [4.78, 5) is 0. The van der Waals surface area contributed by atoms with Gasteiger partial charge >= 0.3 is 6.01 Å². The Morgan fingerprint density at radius 2 is 2.14 bits per heavy atom. The minimum atomic E-state index is -0.205. The van der Waals surface area contributed by atoms with E-state index in [4.69, 9.17) is 4.42 Å². The highest BCUT2D eigenvalue weighted by atomic mass is 19.1. The maximum absolute atomic E-state index is 13.0. The van der Waals surface area contributed by atoms with Gasteiger partial charge in [-0.15, -0.1) is 5.10 Å². The first-order chi connectivity index (χ1) is 10.1. The molecule has 0 saturated heterocycles. The average Bonchev–Trinajstić information content (AvgIpc) is 2.90. The summed E-state index contributed by atoms with van der Waals surface area (Å²) < 4.78 is 18.6. The molecule has 6 heteroatoms. The number of nitrogens with one attached hydrogen (secondary N) is 2. The van der Waals surface area contributed by atoms with Crippen LogP contribution in [0.15, 0.2) is 22.6 Å². The van der Waals surface area contributed by atoms with Crippen LogP contribution < -0.4 is 10.6 Å². The van der Waals surface area contributed by atoms with Crippen molar-refractivity contribution in [2.24, 2.45) is 0 Å². The van der Waals surface area contributed by atoms with Crippen LogP contribution in [0, 0.1) is 12.7 Å². The Kier molecular flexibility index (Phi) is 5.27. The van der Waals surface area contributed by atoms with E-state index in [-0.39, 0.29) is 11.9 Å². The average molecular weight is 292 g/mol. The van der Waals surface area contributed by atoms with Crippen LogP contribution in [0.2, 0.25) is 0 Å². The molecule has 1 unspecified atom stereocenters. The number of benzene rings is 1. The smallest absolute Gasteiger partial charge is 0.315 e. The number of hydrogen-bond acceptors (Lipinski definition) is 5. The molecule has 0 aliphatic rings. The summed E-state index contributed by atoms with van der Waals surface area (Å²) in [5, 5.41) is 14.3. The van der Waals surface area contributed by atoms with Crippen LogP contribution in [0.1, 0.15) is 36.9 Å². The zero-order valence-electron chi connectivity index (χ0n) is 12.6. The van der Waals surface area contributed by atoms with E-state index >= 15 is 0 Å². The Labute approximate surface area is 124 Å². The van der Waals surface area contributed by atoms with Crippen LogP contribution in [0.3, 0.4) is 0 Å². The van der Waals surface area contributed by atoms with Crippen molar-refractivity contribution in [3.63, 3.8) is 0 Å². The zero-order chi connectivity index (χ0) is 15.2. The van der Waals surface area contributed by atoms with Gasteiger partial charge < -0.3 is 15.1 Å². The molecule has 0 radical (unpaired) electrons. The van der Waals surface area contributed by atoms with E-state index in [0.29, 0.717) is 18.5 Å². The predicted octanol–water partition coefficient (Wildman–Crippen LogP) is 2.84. The van der Waals surface area contributed by atoms with E-state index in [1.54, 1.807) is 6.07 Å². The molecular formula is C15H21FN4O. The van der Waals surface area contributed by atoms with Gasteiger partial charge in [-0.05, 0) is 50.1 Å². The Hall–Kier alpha value is -1.95. The number of nitrogens with zero attached hydrogens (tertiary/aromatic N) is 2. The van der Waals surface area contributed by atoms with Gasteiger partial charge in [0.05, 0.1) is 6.04 Å². The topological polar surface area (TPSA) is 63.0 Å². The summed E-state index contributed by atoms with van der Waals surface area (Å²) in [6.45, 7) is 7.40. The second kappa shape index (κ2) is 7.17. The molecule has 2 rings (SSSR count). The summed E-state index contributed by atoms with van der Waals surface area (Å²) in [5.41, 5.74) is 2.05. The van der Waals surface area contributed by atoms with Crippen molar-refractivity contribution in [1.29, 1.82) is 0 Å². The van der Waals surface area contributed by atoms with Crippen LogP contribution >= 0.6 is 0 Å². The van der Waals surface area contributed by atoms with E-state index < -0.39 is 0 Å². The molecule has 0 spiro atoms. The fourth-order valence-electron chi connectivity index (χ4n) is 2.12. The van der Waals surface area contributed by atoms with Gasteiger partial charge in [-0.1, -0.05) is 18.1 Å². The highest BCUT2D eigenvalue weighted by Gasteiger charge is 2.12. The van der Waals surface area contributed by atoms with E-state index in [9.17, 15) is 4.39 Å². The standard InChI is InChI=1S/C15H21FN4O/c1-4-17-11(3)14-19-20-15(21-14)18-8-7-12-5-6-13(16)9-10(12)2/h5-6,9,11,17H,4,7-8H2,1-3H3,(H,18,20). The first-order valence-corrected chi connectivity index (χ1v) is 7.15. The van der Waals surface area contributed by atoms with Crippen LogP contribution in [0.25, 0.3) is 0 Å². The lowest BCUT2D eigenvalue weighted by Gasteiger charge is -2.07. The molecule has 0 amide bonds. The molecule has 1 aromatic carbocycles. The van der Waals surface area contributed by atoms with Gasteiger partial charge in [-0.3, -0.25) is 0 Å². The predicted molar refractivity (Wildman–Crippen MR) is 79.7 cm³/mol. The van der Waals surface area contributed by atoms with Crippen molar-refractivity contribution in [3.8, 4) is 0 Å². The second-order valence-electron chi connectivity index (χ2n) is 4.97. The van der Waals surface area contributed by atoms with Crippen LogP contribution in [0.4, 0.5) is 10.4 Å². The Morgan fingerprint density at radius 3 is 2.86 bits per heavy atom. The van der Waals surface area contributed by atoms with Gasteiger partial charge in [0, 0.05) is 6.54 Å². The largest absolute Gasteiger partial charge is 0.406 e. The van der Waals surface area contributed by atoms with Crippen LogP contribution in [-0.2, 0) is 6.42 Å². The Balaban J connectivity index is 1.86. The number of aryl methyl sites for hydroxylation is 1. The third kappa shape index (κ3) is 4.26. The lowest BCUT2D eigenvalue weighted by molar-refractivity contribution is 0.429. The van der Waals surface area contributed by atoms with E-state index in [2.05, 4.69) is 20.8 Å². The molecule has 114 valence electrons. The van der Waals surface area contributed by atoms with E-state index in [1.807, 2.05) is 20.8 Å². The number of hydrogen-bond donors (Lipinski definition) is 2. The third-order valence-corrected chi connectivity index (χ3v) is 3.30. The number of aromatic nitrogens is 2. The van der Waals surface area contributed by atoms with Crippen molar-refractivity contribution in [2.75, 3.05) is 18.4 Å². The van der Waals surface area contributed by atoms with Gasteiger partial charge in [-0.2, -0.15) is 0 Å².